The summed E-state index contributed by atoms with van der Waals surface area (Å²) in [6.07, 6.45) is 8.17. The van der Waals surface area contributed by atoms with Crippen LogP contribution < -0.4 is 5.32 Å². The predicted molar refractivity (Wildman–Crippen MR) is 109 cm³/mol. The number of fused-ring (bicyclic) bond motifs is 1. The number of aliphatic hydroxyl groups excluding tert-OH is 1. The molecule has 3 aliphatic heterocycles. The lowest BCUT2D eigenvalue weighted by atomic mass is 10.0. The second kappa shape index (κ2) is 9.24. The molecule has 2 fully saturated rings. The van der Waals surface area contributed by atoms with E-state index < -0.39 is 6.61 Å². The van der Waals surface area contributed by atoms with Gasteiger partial charge in [-0.2, -0.15) is 0 Å². The number of ether oxygens (including phenoxy) is 2. The second-order valence-corrected chi connectivity index (χ2v) is 7.56. The standard InChI is InChI=1S/C22H27N3O4/c26-14-21(27)24-18-8-11-25(12-9-18)13-16-4-6-17(7-5-16)20-15-28-19-3-1-2-10-23-22(19)29-20/h2-7,10,18,20,26H,1,8-9,11-15H2,(H,24,27)/t20-/m1/s1. The van der Waals surface area contributed by atoms with Crippen LogP contribution in [0.3, 0.4) is 0 Å². The molecule has 1 atom stereocenters. The van der Waals surface area contributed by atoms with Crippen LogP contribution >= 0.6 is 0 Å². The number of aliphatic hydroxyl groups is 1. The highest BCUT2D eigenvalue weighted by Crippen LogP contribution is 2.27. The highest BCUT2D eigenvalue weighted by molar-refractivity contribution is 5.93. The van der Waals surface area contributed by atoms with Crippen molar-refractivity contribution < 1.29 is 19.4 Å². The molecule has 2 saturated heterocycles. The molecule has 154 valence electrons. The van der Waals surface area contributed by atoms with E-state index in [0.717, 1.165) is 50.2 Å². The lowest BCUT2D eigenvalue weighted by molar-refractivity contribution is -0.124. The van der Waals surface area contributed by atoms with Gasteiger partial charge in [0, 0.05) is 31.9 Å². The maximum atomic E-state index is 11.3. The highest BCUT2D eigenvalue weighted by atomic mass is 16.6. The van der Waals surface area contributed by atoms with Crippen molar-refractivity contribution in [2.75, 3.05) is 26.3 Å². The number of rotatable bonds is 5. The van der Waals surface area contributed by atoms with Crippen LogP contribution in [0.5, 0.6) is 0 Å². The molecule has 7 heteroatoms. The SMILES string of the molecule is O=C(CO)NC1CCN(Cc2ccc([C@H]3COC4=CCC=CN=C4O3)cc2)CC1. The molecule has 0 aromatic heterocycles. The van der Waals surface area contributed by atoms with Gasteiger partial charge in [0.1, 0.15) is 13.2 Å². The van der Waals surface area contributed by atoms with Crippen molar-refractivity contribution in [1.29, 1.82) is 0 Å². The van der Waals surface area contributed by atoms with E-state index in [2.05, 4.69) is 39.5 Å². The maximum Gasteiger partial charge on any atom is 0.257 e. The third-order valence-corrected chi connectivity index (χ3v) is 5.45. The summed E-state index contributed by atoms with van der Waals surface area (Å²) < 4.78 is 11.9. The molecule has 1 amide bonds. The first-order valence-corrected chi connectivity index (χ1v) is 10.2. The van der Waals surface area contributed by atoms with Gasteiger partial charge in [-0.05, 0) is 36.5 Å². The summed E-state index contributed by atoms with van der Waals surface area (Å²) >= 11 is 0. The van der Waals surface area contributed by atoms with Gasteiger partial charge in [0.2, 0.25) is 5.91 Å². The van der Waals surface area contributed by atoms with Crippen LogP contribution in [0.1, 0.15) is 36.5 Å². The fourth-order valence-electron chi connectivity index (χ4n) is 3.82. The Morgan fingerprint density at radius 1 is 1.24 bits per heavy atom. The molecule has 7 nitrogen and oxygen atoms in total. The second-order valence-electron chi connectivity index (χ2n) is 7.56. The number of aliphatic imine (C=N–C) groups is 1. The number of carbonyl (C=O) groups is 1. The van der Waals surface area contributed by atoms with Gasteiger partial charge in [-0.1, -0.05) is 30.3 Å². The van der Waals surface area contributed by atoms with Crippen LogP contribution in [0.2, 0.25) is 0 Å². The number of hydrogen-bond donors (Lipinski definition) is 2. The van der Waals surface area contributed by atoms with Crippen molar-refractivity contribution in [2.24, 2.45) is 4.99 Å². The smallest absolute Gasteiger partial charge is 0.257 e. The molecule has 3 heterocycles. The Balaban J connectivity index is 1.29. The molecule has 3 aliphatic rings. The molecule has 1 aromatic carbocycles. The van der Waals surface area contributed by atoms with Gasteiger partial charge in [0.05, 0.1) is 0 Å². The number of nitrogens with zero attached hydrogens (tertiary/aromatic N) is 2. The Labute approximate surface area is 170 Å². The van der Waals surface area contributed by atoms with Crippen molar-refractivity contribution in [3.05, 3.63) is 59.5 Å². The van der Waals surface area contributed by atoms with E-state index in [0.29, 0.717) is 12.5 Å². The number of amides is 1. The number of piperidine rings is 1. The van der Waals surface area contributed by atoms with Crippen LogP contribution in [0, 0.1) is 0 Å². The van der Waals surface area contributed by atoms with Crippen LogP contribution in [-0.4, -0.2) is 54.2 Å². The molecule has 0 radical (unpaired) electrons. The molecule has 0 aliphatic carbocycles. The minimum atomic E-state index is -0.441. The van der Waals surface area contributed by atoms with Gasteiger partial charge in [0.15, 0.2) is 11.9 Å². The van der Waals surface area contributed by atoms with Gasteiger partial charge in [-0.25, -0.2) is 4.99 Å². The van der Waals surface area contributed by atoms with E-state index in [1.54, 1.807) is 6.20 Å². The summed E-state index contributed by atoms with van der Waals surface area (Å²) in [4.78, 5) is 18.0. The van der Waals surface area contributed by atoms with Crippen LogP contribution in [0.25, 0.3) is 0 Å². The Morgan fingerprint density at radius 3 is 2.79 bits per heavy atom. The van der Waals surface area contributed by atoms with Crippen molar-refractivity contribution in [2.45, 2.75) is 38.0 Å². The normalized spacial score (nSPS) is 22.4. The van der Waals surface area contributed by atoms with E-state index in [9.17, 15) is 4.79 Å². The van der Waals surface area contributed by atoms with Crippen molar-refractivity contribution in [1.82, 2.24) is 10.2 Å². The zero-order valence-electron chi connectivity index (χ0n) is 16.4. The molecule has 0 saturated carbocycles. The summed E-state index contributed by atoms with van der Waals surface area (Å²) in [6, 6.07) is 8.63. The quantitative estimate of drug-likeness (QED) is 0.795. The average molecular weight is 397 g/mol. The van der Waals surface area contributed by atoms with E-state index in [-0.39, 0.29) is 18.1 Å². The van der Waals surface area contributed by atoms with E-state index in [4.69, 9.17) is 14.6 Å². The van der Waals surface area contributed by atoms with Crippen molar-refractivity contribution in [3.63, 3.8) is 0 Å². The molecular weight excluding hydrogens is 370 g/mol. The number of allylic oxidation sites excluding steroid dienone is 2. The number of likely N-dealkylation sites (tertiary alicyclic amines) is 1. The first-order chi connectivity index (χ1) is 14.2. The molecule has 0 spiro atoms. The molecular formula is C22H27N3O4. The maximum absolute atomic E-state index is 11.3. The zero-order valence-corrected chi connectivity index (χ0v) is 16.4. The first-order valence-electron chi connectivity index (χ1n) is 10.2. The van der Waals surface area contributed by atoms with Gasteiger partial charge >= 0.3 is 0 Å². The largest absolute Gasteiger partial charge is 0.484 e. The van der Waals surface area contributed by atoms with Gasteiger partial charge in [0.25, 0.3) is 5.90 Å². The Hall–Kier alpha value is -2.64. The Morgan fingerprint density at radius 2 is 2.03 bits per heavy atom. The lowest BCUT2D eigenvalue weighted by Crippen LogP contribution is -2.45. The summed E-state index contributed by atoms with van der Waals surface area (Å²) in [5.74, 6) is 0.984. The predicted octanol–water partition coefficient (Wildman–Crippen LogP) is 2.05. The van der Waals surface area contributed by atoms with Crippen molar-refractivity contribution in [3.8, 4) is 0 Å². The molecule has 1 aromatic rings. The number of nitrogens with one attached hydrogen (secondary N) is 1. The Bertz CT molecular complexity index is 808. The monoisotopic (exact) mass is 397 g/mol. The van der Waals surface area contributed by atoms with Crippen LogP contribution in [0.15, 0.2) is 53.4 Å². The fraction of sp³-hybridized carbons (Fsp3) is 0.455. The number of benzene rings is 1. The van der Waals surface area contributed by atoms with Gasteiger partial charge in [-0.15, -0.1) is 0 Å². The first kappa shape index (κ1) is 19.7. The molecule has 0 unspecified atom stereocenters. The molecule has 2 N–H and O–H groups in total. The third kappa shape index (κ3) is 5.05. The van der Waals surface area contributed by atoms with E-state index in [1.807, 2.05) is 12.2 Å². The summed E-state index contributed by atoms with van der Waals surface area (Å²) in [6.45, 7) is 2.79. The van der Waals surface area contributed by atoms with E-state index >= 15 is 0 Å². The molecule has 4 rings (SSSR count). The minimum Gasteiger partial charge on any atom is -0.484 e. The minimum absolute atomic E-state index is 0.155. The summed E-state index contributed by atoms with van der Waals surface area (Å²) in [5.41, 5.74) is 2.33. The molecule has 29 heavy (non-hydrogen) atoms. The lowest BCUT2D eigenvalue weighted by Gasteiger charge is -2.32. The third-order valence-electron chi connectivity index (χ3n) is 5.45. The number of hydrogen-bond acceptors (Lipinski definition) is 6. The fourth-order valence-corrected chi connectivity index (χ4v) is 3.82. The summed E-state index contributed by atoms with van der Waals surface area (Å²) in [7, 11) is 0. The van der Waals surface area contributed by atoms with Crippen molar-refractivity contribution >= 4 is 11.8 Å². The van der Waals surface area contributed by atoms with Gasteiger partial charge in [-0.3, -0.25) is 9.69 Å². The molecule has 0 bridgehead atoms. The topological polar surface area (TPSA) is 83.4 Å². The van der Waals surface area contributed by atoms with Gasteiger partial charge < -0.3 is 19.9 Å². The average Bonchev–Trinajstić information content (AvgIpc) is 3.00. The van der Waals surface area contributed by atoms with Crippen LogP contribution in [0.4, 0.5) is 0 Å². The zero-order chi connectivity index (χ0) is 20.1. The summed E-state index contributed by atoms with van der Waals surface area (Å²) in [5, 5.41) is 11.7. The number of carbonyl (C=O) groups excluding carboxylic acids is 1. The van der Waals surface area contributed by atoms with Crippen LogP contribution in [-0.2, 0) is 20.8 Å². The Kier molecular flexibility index (Phi) is 6.27. The highest BCUT2D eigenvalue weighted by Gasteiger charge is 2.26. The van der Waals surface area contributed by atoms with E-state index in [1.165, 1.54) is 5.56 Å².